The van der Waals surface area contributed by atoms with Gasteiger partial charge in [-0.05, 0) is 38.1 Å². The van der Waals surface area contributed by atoms with Gasteiger partial charge in [0.15, 0.2) is 18.1 Å². The van der Waals surface area contributed by atoms with Gasteiger partial charge in [-0.25, -0.2) is 0 Å². The van der Waals surface area contributed by atoms with Crippen molar-refractivity contribution in [3.8, 4) is 17.2 Å². The molecule has 0 aliphatic heterocycles. The Hall–Kier alpha value is -3.02. The van der Waals surface area contributed by atoms with Crippen molar-refractivity contribution in [1.29, 1.82) is 0 Å². The molecule has 1 atom stereocenters. The number of hydrogen-bond acceptors (Lipinski definition) is 5. The lowest BCUT2D eigenvalue weighted by molar-refractivity contribution is -0.123. The minimum atomic E-state index is -0.275. The molecule has 2 aromatic carbocycles. The summed E-state index contributed by atoms with van der Waals surface area (Å²) in [5.41, 5.74) is 2.45. The molecule has 0 heterocycles. The second-order valence-electron chi connectivity index (χ2n) is 5.85. The van der Waals surface area contributed by atoms with Gasteiger partial charge < -0.3 is 19.5 Å². The number of carbonyl (C=O) groups is 2. The van der Waals surface area contributed by atoms with Crippen molar-refractivity contribution < 1.29 is 23.8 Å². The fourth-order valence-corrected chi connectivity index (χ4v) is 2.57. The van der Waals surface area contributed by atoms with Gasteiger partial charge >= 0.3 is 0 Å². The highest BCUT2D eigenvalue weighted by Gasteiger charge is 2.15. The second kappa shape index (κ2) is 8.89. The van der Waals surface area contributed by atoms with Crippen LogP contribution in [0.5, 0.6) is 17.2 Å². The molecule has 0 bridgehead atoms. The van der Waals surface area contributed by atoms with Crippen LogP contribution in [0.25, 0.3) is 0 Å². The summed E-state index contributed by atoms with van der Waals surface area (Å²) in [6, 6.07) is 10.3. The van der Waals surface area contributed by atoms with Crippen molar-refractivity contribution in [3.63, 3.8) is 0 Å². The molecule has 0 spiro atoms. The standard InChI is InChI=1S/C20H23NO5/c1-13-5-7-17(24-3)16(9-13)14(2)21-20(23)12-26-18-8-6-15(11-22)10-19(18)25-4/h5-11,14H,12H2,1-4H3,(H,21,23)/t14-/m1/s1. The van der Waals surface area contributed by atoms with E-state index in [0.29, 0.717) is 17.1 Å². The summed E-state index contributed by atoms with van der Waals surface area (Å²) < 4.78 is 16.1. The van der Waals surface area contributed by atoms with E-state index in [2.05, 4.69) is 5.32 Å². The van der Waals surface area contributed by atoms with Gasteiger partial charge in [-0.1, -0.05) is 17.7 Å². The highest BCUT2D eigenvalue weighted by Crippen LogP contribution is 2.28. The number of nitrogens with one attached hydrogen (secondary N) is 1. The van der Waals surface area contributed by atoms with Crippen LogP contribution in [-0.2, 0) is 4.79 Å². The Balaban J connectivity index is 2.01. The number of aryl methyl sites for hydroxylation is 1. The minimum absolute atomic E-state index is 0.171. The van der Waals surface area contributed by atoms with E-state index in [-0.39, 0.29) is 18.6 Å². The molecule has 2 aromatic rings. The Labute approximate surface area is 153 Å². The average Bonchev–Trinajstić information content (AvgIpc) is 2.66. The fourth-order valence-electron chi connectivity index (χ4n) is 2.57. The summed E-state index contributed by atoms with van der Waals surface area (Å²) in [6.07, 6.45) is 0.718. The number of aldehydes is 1. The molecule has 0 unspecified atom stereocenters. The van der Waals surface area contributed by atoms with Crippen LogP contribution in [0.1, 0.15) is 34.5 Å². The molecule has 0 fully saturated rings. The van der Waals surface area contributed by atoms with Gasteiger partial charge in [0.25, 0.3) is 5.91 Å². The van der Waals surface area contributed by atoms with Crippen molar-refractivity contribution in [2.75, 3.05) is 20.8 Å². The van der Waals surface area contributed by atoms with Crippen molar-refractivity contribution in [3.05, 3.63) is 53.1 Å². The number of carbonyl (C=O) groups excluding carboxylic acids is 2. The minimum Gasteiger partial charge on any atom is -0.496 e. The highest BCUT2D eigenvalue weighted by molar-refractivity contribution is 5.79. The summed E-state index contributed by atoms with van der Waals surface area (Å²) in [4.78, 5) is 23.0. The summed E-state index contributed by atoms with van der Waals surface area (Å²) in [5.74, 6) is 1.24. The van der Waals surface area contributed by atoms with E-state index in [4.69, 9.17) is 14.2 Å². The normalized spacial score (nSPS) is 11.4. The summed E-state index contributed by atoms with van der Waals surface area (Å²) in [7, 11) is 3.07. The molecule has 6 heteroatoms. The monoisotopic (exact) mass is 357 g/mol. The Bertz CT molecular complexity index is 788. The van der Waals surface area contributed by atoms with E-state index in [1.807, 2.05) is 32.0 Å². The second-order valence-corrected chi connectivity index (χ2v) is 5.85. The van der Waals surface area contributed by atoms with E-state index >= 15 is 0 Å². The lowest BCUT2D eigenvalue weighted by Gasteiger charge is -2.18. The van der Waals surface area contributed by atoms with Crippen LogP contribution < -0.4 is 19.5 Å². The van der Waals surface area contributed by atoms with E-state index in [9.17, 15) is 9.59 Å². The van der Waals surface area contributed by atoms with Crippen LogP contribution in [0.4, 0.5) is 0 Å². The molecule has 1 N–H and O–H groups in total. The molecule has 0 radical (unpaired) electrons. The quantitative estimate of drug-likeness (QED) is 0.735. The number of ether oxygens (including phenoxy) is 3. The zero-order valence-electron chi connectivity index (χ0n) is 15.4. The first-order valence-electron chi connectivity index (χ1n) is 8.18. The lowest BCUT2D eigenvalue weighted by atomic mass is 10.0. The fraction of sp³-hybridized carbons (Fsp3) is 0.300. The number of methoxy groups -OCH3 is 2. The smallest absolute Gasteiger partial charge is 0.258 e. The molecule has 26 heavy (non-hydrogen) atoms. The van der Waals surface area contributed by atoms with Gasteiger partial charge in [0.1, 0.15) is 12.0 Å². The van der Waals surface area contributed by atoms with Crippen LogP contribution in [0, 0.1) is 6.92 Å². The number of hydrogen-bond donors (Lipinski definition) is 1. The van der Waals surface area contributed by atoms with Crippen molar-refractivity contribution in [2.45, 2.75) is 19.9 Å². The number of benzene rings is 2. The summed E-state index contributed by atoms with van der Waals surface area (Å²) in [5, 5.41) is 2.89. The predicted molar refractivity (Wildman–Crippen MR) is 98.2 cm³/mol. The van der Waals surface area contributed by atoms with E-state index in [0.717, 1.165) is 23.2 Å². The van der Waals surface area contributed by atoms with Crippen molar-refractivity contribution >= 4 is 12.2 Å². The Kier molecular flexibility index (Phi) is 6.60. The molecule has 6 nitrogen and oxygen atoms in total. The van der Waals surface area contributed by atoms with Gasteiger partial charge in [0.2, 0.25) is 0 Å². The first-order chi connectivity index (χ1) is 12.5. The van der Waals surface area contributed by atoms with Gasteiger partial charge in [0.05, 0.1) is 20.3 Å². The predicted octanol–water partition coefficient (Wildman–Crippen LogP) is 3.08. The van der Waals surface area contributed by atoms with Gasteiger partial charge in [-0.15, -0.1) is 0 Å². The zero-order valence-corrected chi connectivity index (χ0v) is 15.4. The van der Waals surface area contributed by atoms with E-state index < -0.39 is 0 Å². The maximum atomic E-state index is 12.2. The highest BCUT2D eigenvalue weighted by atomic mass is 16.5. The summed E-state index contributed by atoms with van der Waals surface area (Å²) >= 11 is 0. The van der Waals surface area contributed by atoms with Crippen LogP contribution in [0.2, 0.25) is 0 Å². The molecular weight excluding hydrogens is 334 g/mol. The van der Waals surface area contributed by atoms with Gasteiger partial charge in [-0.2, -0.15) is 0 Å². The van der Waals surface area contributed by atoms with Crippen LogP contribution in [-0.4, -0.2) is 33.0 Å². The SMILES string of the molecule is COc1cc(C=O)ccc1OCC(=O)N[C@H](C)c1cc(C)ccc1OC. The van der Waals surface area contributed by atoms with Gasteiger partial charge in [-0.3, -0.25) is 9.59 Å². The lowest BCUT2D eigenvalue weighted by Crippen LogP contribution is -2.31. The zero-order chi connectivity index (χ0) is 19.1. The topological polar surface area (TPSA) is 73.9 Å². The molecule has 0 saturated carbocycles. The average molecular weight is 357 g/mol. The van der Waals surface area contributed by atoms with Crippen LogP contribution in [0.15, 0.2) is 36.4 Å². The molecule has 138 valence electrons. The molecule has 0 aliphatic carbocycles. The molecule has 0 aliphatic rings. The third-order valence-corrected chi connectivity index (χ3v) is 3.91. The largest absolute Gasteiger partial charge is 0.496 e. The Morgan fingerprint density at radius 3 is 2.42 bits per heavy atom. The third kappa shape index (κ3) is 4.75. The Morgan fingerprint density at radius 2 is 1.77 bits per heavy atom. The third-order valence-electron chi connectivity index (χ3n) is 3.91. The van der Waals surface area contributed by atoms with E-state index in [1.165, 1.54) is 7.11 Å². The number of rotatable bonds is 8. The van der Waals surface area contributed by atoms with Crippen molar-refractivity contribution in [2.24, 2.45) is 0 Å². The first-order valence-corrected chi connectivity index (χ1v) is 8.18. The van der Waals surface area contributed by atoms with Crippen molar-refractivity contribution in [1.82, 2.24) is 5.32 Å². The van der Waals surface area contributed by atoms with Gasteiger partial charge in [0, 0.05) is 11.1 Å². The molecule has 1 amide bonds. The van der Waals surface area contributed by atoms with Crippen LogP contribution >= 0.6 is 0 Å². The molecule has 2 rings (SSSR count). The summed E-state index contributed by atoms with van der Waals surface area (Å²) in [6.45, 7) is 3.69. The Morgan fingerprint density at radius 1 is 1.08 bits per heavy atom. The first kappa shape index (κ1) is 19.3. The maximum absolute atomic E-state index is 12.2. The number of amides is 1. The maximum Gasteiger partial charge on any atom is 0.258 e. The molecular formula is C20H23NO5. The van der Waals surface area contributed by atoms with Crippen LogP contribution in [0.3, 0.4) is 0 Å². The van der Waals surface area contributed by atoms with E-state index in [1.54, 1.807) is 25.3 Å². The molecule has 0 saturated heterocycles. The molecule has 0 aromatic heterocycles.